The molecule has 1 atom stereocenters. The van der Waals surface area contributed by atoms with Crippen LogP contribution in [0.3, 0.4) is 0 Å². The average Bonchev–Trinajstić information content (AvgIpc) is 3.24. The van der Waals surface area contributed by atoms with Crippen molar-refractivity contribution in [1.82, 2.24) is 20.2 Å². The molecule has 29 heavy (non-hydrogen) atoms. The molecule has 2 aromatic heterocycles. The lowest BCUT2D eigenvalue weighted by molar-refractivity contribution is 0.0639. The number of amides is 1. The summed E-state index contributed by atoms with van der Waals surface area (Å²) in [6.45, 7) is 4.43. The van der Waals surface area contributed by atoms with E-state index in [0.29, 0.717) is 11.4 Å². The molecule has 5 nitrogen and oxygen atoms in total. The first kappa shape index (κ1) is 23.3. The van der Waals surface area contributed by atoms with Gasteiger partial charge in [0.2, 0.25) is 0 Å². The first-order valence-electron chi connectivity index (χ1n) is 9.23. The van der Waals surface area contributed by atoms with Crippen LogP contribution in [0, 0.1) is 0 Å². The van der Waals surface area contributed by atoms with Crippen molar-refractivity contribution in [2.24, 2.45) is 0 Å². The highest BCUT2D eigenvalue weighted by Gasteiger charge is 2.29. The normalized spacial score (nSPS) is 15.9. The Morgan fingerprint density at radius 1 is 1.17 bits per heavy atom. The molecule has 0 radical (unpaired) electrons. The number of piperazine rings is 1. The van der Waals surface area contributed by atoms with Crippen molar-refractivity contribution in [1.29, 1.82) is 0 Å². The number of pyridine rings is 1. The quantitative estimate of drug-likeness (QED) is 0.639. The van der Waals surface area contributed by atoms with Crippen molar-refractivity contribution in [3.8, 4) is 10.6 Å². The number of halogens is 2. The molecule has 1 aliphatic rings. The Balaban J connectivity index is 0.00000150. The van der Waals surface area contributed by atoms with E-state index in [1.165, 1.54) is 22.5 Å². The van der Waals surface area contributed by atoms with Gasteiger partial charge in [0.05, 0.1) is 12.2 Å². The van der Waals surface area contributed by atoms with E-state index in [1.54, 1.807) is 18.6 Å². The summed E-state index contributed by atoms with van der Waals surface area (Å²) >= 11 is 1.44. The van der Waals surface area contributed by atoms with E-state index >= 15 is 0 Å². The molecule has 0 bridgehead atoms. The minimum atomic E-state index is 0. The summed E-state index contributed by atoms with van der Waals surface area (Å²) < 4.78 is 0. The number of benzene rings is 1. The topological polar surface area (TPSA) is 58.1 Å². The monoisotopic (exact) mass is 450 g/mol. The van der Waals surface area contributed by atoms with Crippen LogP contribution in [0.15, 0.2) is 55.0 Å². The van der Waals surface area contributed by atoms with Crippen molar-refractivity contribution in [3.63, 3.8) is 0 Å². The number of carbonyl (C=O) groups is 1. The van der Waals surface area contributed by atoms with Crippen LogP contribution in [0.4, 0.5) is 0 Å². The fraction of sp³-hybridized carbons (Fsp3) is 0.286. The van der Waals surface area contributed by atoms with Crippen LogP contribution in [0.2, 0.25) is 0 Å². The molecule has 0 spiro atoms. The summed E-state index contributed by atoms with van der Waals surface area (Å²) in [4.78, 5) is 24.3. The maximum Gasteiger partial charge on any atom is 0.266 e. The number of hydrogen-bond donors (Lipinski definition) is 1. The van der Waals surface area contributed by atoms with Crippen molar-refractivity contribution < 1.29 is 4.79 Å². The van der Waals surface area contributed by atoms with Gasteiger partial charge < -0.3 is 10.2 Å². The van der Waals surface area contributed by atoms with Crippen LogP contribution in [0.1, 0.15) is 33.8 Å². The third kappa shape index (κ3) is 5.14. The molecule has 1 fully saturated rings. The van der Waals surface area contributed by atoms with Crippen molar-refractivity contribution in [2.75, 3.05) is 19.6 Å². The van der Waals surface area contributed by atoms with Crippen LogP contribution in [0.25, 0.3) is 10.6 Å². The second kappa shape index (κ2) is 10.7. The van der Waals surface area contributed by atoms with Crippen LogP contribution >= 0.6 is 36.2 Å². The van der Waals surface area contributed by atoms with Gasteiger partial charge in [-0.15, -0.1) is 36.2 Å². The molecule has 1 aromatic carbocycles. The zero-order valence-electron chi connectivity index (χ0n) is 16.1. The maximum absolute atomic E-state index is 13.2. The largest absolute Gasteiger partial charge is 0.328 e. The molecule has 1 saturated heterocycles. The molecule has 0 saturated carbocycles. The molecule has 1 N–H and O–H groups in total. The van der Waals surface area contributed by atoms with Crippen molar-refractivity contribution >= 4 is 42.1 Å². The molecule has 1 amide bonds. The van der Waals surface area contributed by atoms with Crippen LogP contribution in [-0.4, -0.2) is 40.4 Å². The Bertz CT molecular complexity index is 918. The first-order valence-corrected chi connectivity index (χ1v) is 10.0. The zero-order valence-corrected chi connectivity index (χ0v) is 18.5. The van der Waals surface area contributed by atoms with E-state index in [9.17, 15) is 4.79 Å². The zero-order chi connectivity index (χ0) is 18.6. The molecule has 154 valence electrons. The van der Waals surface area contributed by atoms with Crippen LogP contribution < -0.4 is 5.32 Å². The molecule has 8 heteroatoms. The van der Waals surface area contributed by atoms with E-state index in [1.807, 2.05) is 17.0 Å². The van der Waals surface area contributed by atoms with Gasteiger partial charge in [-0.3, -0.25) is 9.78 Å². The predicted octanol–water partition coefficient (Wildman–Crippen LogP) is 4.40. The summed E-state index contributed by atoms with van der Waals surface area (Å²) in [7, 11) is 0. The van der Waals surface area contributed by atoms with Gasteiger partial charge in [-0.2, -0.15) is 0 Å². The van der Waals surface area contributed by atoms with Gasteiger partial charge in [-0.05, 0) is 29.7 Å². The molecular weight excluding hydrogens is 427 g/mol. The molecule has 1 aliphatic heterocycles. The Morgan fingerprint density at radius 2 is 1.90 bits per heavy atom. The third-order valence-corrected chi connectivity index (χ3v) is 5.96. The summed E-state index contributed by atoms with van der Waals surface area (Å²) in [6.07, 6.45) is 6.20. The van der Waals surface area contributed by atoms with Gasteiger partial charge in [0.25, 0.3) is 5.91 Å². The lowest BCUT2D eigenvalue weighted by Gasteiger charge is -2.36. The number of hydrogen-bond acceptors (Lipinski definition) is 5. The highest BCUT2D eigenvalue weighted by atomic mass is 35.5. The highest BCUT2D eigenvalue weighted by Crippen LogP contribution is 2.29. The second-order valence-corrected chi connectivity index (χ2v) is 7.61. The van der Waals surface area contributed by atoms with E-state index in [0.717, 1.165) is 30.1 Å². The number of nitrogens with zero attached hydrogens (tertiary/aromatic N) is 3. The Morgan fingerprint density at radius 3 is 2.59 bits per heavy atom. The van der Waals surface area contributed by atoms with E-state index in [-0.39, 0.29) is 36.8 Å². The Hall–Kier alpha value is -1.99. The second-order valence-electron chi connectivity index (χ2n) is 6.58. The van der Waals surface area contributed by atoms with E-state index < -0.39 is 0 Å². The first-order chi connectivity index (χ1) is 13.3. The fourth-order valence-electron chi connectivity index (χ4n) is 3.36. The third-order valence-electron chi connectivity index (χ3n) is 4.92. The summed E-state index contributed by atoms with van der Waals surface area (Å²) in [5.74, 6) is 0.0545. The minimum absolute atomic E-state index is 0. The molecule has 4 rings (SSSR count). The molecule has 3 aromatic rings. The Labute approximate surface area is 187 Å². The molecule has 1 unspecified atom stereocenters. The van der Waals surface area contributed by atoms with Gasteiger partial charge in [-0.25, -0.2) is 4.98 Å². The number of carbonyl (C=O) groups excluding carboxylic acids is 1. The minimum Gasteiger partial charge on any atom is -0.328 e. The average molecular weight is 451 g/mol. The highest BCUT2D eigenvalue weighted by molar-refractivity contribution is 7.16. The predicted molar refractivity (Wildman–Crippen MR) is 122 cm³/mol. The number of rotatable bonds is 4. The van der Waals surface area contributed by atoms with Crippen LogP contribution in [-0.2, 0) is 6.42 Å². The van der Waals surface area contributed by atoms with Gasteiger partial charge in [-0.1, -0.05) is 31.2 Å². The lowest BCUT2D eigenvalue weighted by atomic mass is 10.0. The number of aromatic nitrogens is 2. The molecular formula is C21H24Cl2N4OS. The smallest absolute Gasteiger partial charge is 0.266 e. The number of aryl methyl sites for hydroxylation is 1. The summed E-state index contributed by atoms with van der Waals surface area (Å²) in [5, 5.41) is 4.26. The van der Waals surface area contributed by atoms with Gasteiger partial charge >= 0.3 is 0 Å². The van der Waals surface area contributed by atoms with Crippen molar-refractivity contribution in [2.45, 2.75) is 19.4 Å². The Kier molecular flexibility index (Phi) is 8.59. The number of thiazole rings is 1. The van der Waals surface area contributed by atoms with Gasteiger partial charge in [0.15, 0.2) is 0 Å². The number of nitrogens with one attached hydrogen (secondary N) is 1. The van der Waals surface area contributed by atoms with Crippen LogP contribution in [0.5, 0.6) is 0 Å². The van der Waals surface area contributed by atoms with E-state index in [2.05, 4.69) is 46.5 Å². The van der Waals surface area contributed by atoms with Crippen molar-refractivity contribution in [3.05, 3.63) is 71.0 Å². The van der Waals surface area contributed by atoms with Gasteiger partial charge in [0, 0.05) is 37.6 Å². The SMILES string of the molecule is CCc1ccc(C2CNCCN2C(=O)c2cnc(-c3ccncc3)s2)cc1.Cl.Cl. The fourth-order valence-corrected chi connectivity index (χ4v) is 4.24. The van der Waals surface area contributed by atoms with Gasteiger partial charge in [0.1, 0.15) is 9.88 Å². The molecule has 3 heterocycles. The lowest BCUT2D eigenvalue weighted by Crippen LogP contribution is -2.48. The summed E-state index contributed by atoms with van der Waals surface area (Å²) in [6, 6.07) is 12.5. The molecule has 0 aliphatic carbocycles. The maximum atomic E-state index is 13.2. The standard InChI is InChI=1S/C21H22N4OS.2ClH/c1-2-15-3-5-16(6-4-15)18-13-23-11-12-25(18)21(26)19-14-24-20(27-19)17-7-9-22-10-8-17;;/h3-10,14,18,23H,2,11-13H2,1H3;2*1H. The van der Waals surface area contributed by atoms with E-state index in [4.69, 9.17) is 0 Å². The summed E-state index contributed by atoms with van der Waals surface area (Å²) in [5.41, 5.74) is 3.47.